The number of methoxy groups -OCH3 is 2. The Labute approximate surface area is 126 Å². The number of hydrogen-bond donors (Lipinski definition) is 0. The third-order valence-electron chi connectivity index (χ3n) is 2.87. The molecule has 7 heteroatoms. The highest BCUT2D eigenvalue weighted by molar-refractivity contribution is 5.91. The maximum absolute atomic E-state index is 12.1. The smallest absolute Gasteiger partial charge is 0.343 e. The largest absolute Gasteiger partial charge is 0.497 e. The van der Waals surface area contributed by atoms with E-state index >= 15 is 0 Å². The van der Waals surface area contributed by atoms with Gasteiger partial charge in [-0.2, -0.15) is 0 Å². The molecule has 0 N–H and O–H groups in total. The van der Waals surface area contributed by atoms with Gasteiger partial charge >= 0.3 is 5.97 Å². The summed E-state index contributed by atoms with van der Waals surface area (Å²) >= 11 is 0. The van der Waals surface area contributed by atoms with Crippen LogP contribution in [0, 0.1) is 10.1 Å². The number of rotatable bonds is 5. The number of esters is 1. The summed E-state index contributed by atoms with van der Waals surface area (Å²) in [5.74, 6) is 0.0320. The molecule has 0 aromatic heterocycles. The van der Waals surface area contributed by atoms with E-state index < -0.39 is 10.9 Å². The fraction of sp³-hybridized carbons (Fsp3) is 0.133. The Morgan fingerprint density at radius 2 is 1.82 bits per heavy atom. The van der Waals surface area contributed by atoms with Crippen LogP contribution in [-0.2, 0) is 0 Å². The van der Waals surface area contributed by atoms with Gasteiger partial charge in [0.2, 0.25) is 0 Å². The normalized spacial score (nSPS) is 9.91. The molecule has 0 aliphatic heterocycles. The number of ether oxygens (including phenoxy) is 3. The second-order valence-electron chi connectivity index (χ2n) is 4.21. The van der Waals surface area contributed by atoms with Crippen molar-refractivity contribution in [1.29, 1.82) is 0 Å². The Kier molecular flexibility index (Phi) is 4.57. The number of carbonyl (C=O) groups is 1. The minimum Gasteiger partial charge on any atom is -0.497 e. The molecular formula is C15H13NO6. The van der Waals surface area contributed by atoms with E-state index in [1.54, 1.807) is 18.2 Å². The summed E-state index contributed by atoms with van der Waals surface area (Å²) in [7, 11) is 2.86. The van der Waals surface area contributed by atoms with E-state index in [1.165, 1.54) is 32.4 Å². The molecule has 0 bridgehead atoms. The number of carbonyl (C=O) groups excluding carboxylic acids is 1. The van der Waals surface area contributed by atoms with Gasteiger partial charge in [-0.15, -0.1) is 0 Å². The first-order valence-electron chi connectivity index (χ1n) is 6.24. The molecule has 2 aromatic carbocycles. The van der Waals surface area contributed by atoms with Crippen LogP contribution in [-0.4, -0.2) is 25.1 Å². The summed E-state index contributed by atoms with van der Waals surface area (Å²) in [6.07, 6.45) is 0. The summed E-state index contributed by atoms with van der Waals surface area (Å²) < 4.78 is 15.3. The highest BCUT2D eigenvalue weighted by Gasteiger charge is 2.17. The predicted molar refractivity (Wildman–Crippen MR) is 77.6 cm³/mol. The van der Waals surface area contributed by atoms with E-state index in [2.05, 4.69) is 0 Å². The number of hydrogen-bond acceptors (Lipinski definition) is 6. The van der Waals surface area contributed by atoms with E-state index in [0.29, 0.717) is 5.75 Å². The van der Waals surface area contributed by atoms with Crippen LogP contribution in [0.3, 0.4) is 0 Å². The summed E-state index contributed by atoms with van der Waals surface area (Å²) in [6.45, 7) is 0. The number of nitrogens with zero attached hydrogens (tertiary/aromatic N) is 1. The molecule has 2 rings (SSSR count). The van der Waals surface area contributed by atoms with Crippen molar-refractivity contribution in [3.63, 3.8) is 0 Å². The van der Waals surface area contributed by atoms with Crippen molar-refractivity contribution in [1.82, 2.24) is 0 Å². The lowest BCUT2D eigenvalue weighted by atomic mass is 10.2. The molecule has 114 valence electrons. The summed E-state index contributed by atoms with van der Waals surface area (Å²) in [5, 5.41) is 10.8. The minimum absolute atomic E-state index is 0.0236. The summed E-state index contributed by atoms with van der Waals surface area (Å²) in [5.41, 5.74) is 0.0575. The molecule has 7 nitrogen and oxygen atoms in total. The Morgan fingerprint density at radius 1 is 1.05 bits per heavy atom. The van der Waals surface area contributed by atoms with Gasteiger partial charge in [0.1, 0.15) is 5.75 Å². The van der Waals surface area contributed by atoms with Crippen LogP contribution in [0.15, 0.2) is 42.5 Å². The first-order valence-corrected chi connectivity index (χ1v) is 6.24. The van der Waals surface area contributed by atoms with Crippen molar-refractivity contribution in [3.05, 3.63) is 58.1 Å². The minimum atomic E-state index is -0.669. The number of nitro benzene ring substituents is 1. The van der Waals surface area contributed by atoms with Crippen LogP contribution in [0.1, 0.15) is 10.4 Å². The lowest BCUT2D eigenvalue weighted by Gasteiger charge is -2.09. The zero-order chi connectivity index (χ0) is 16.1. The van der Waals surface area contributed by atoms with Gasteiger partial charge in [-0.3, -0.25) is 10.1 Å². The molecule has 0 fully saturated rings. The van der Waals surface area contributed by atoms with Gasteiger partial charge in [0.05, 0.1) is 30.8 Å². The van der Waals surface area contributed by atoms with E-state index in [0.717, 1.165) is 6.07 Å². The molecule has 0 radical (unpaired) electrons. The lowest BCUT2D eigenvalue weighted by molar-refractivity contribution is -0.384. The van der Waals surface area contributed by atoms with Crippen molar-refractivity contribution in [3.8, 4) is 17.2 Å². The van der Waals surface area contributed by atoms with Crippen LogP contribution >= 0.6 is 0 Å². The van der Waals surface area contributed by atoms with Crippen LogP contribution in [0.25, 0.3) is 0 Å². The molecule has 0 amide bonds. The maximum Gasteiger partial charge on any atom is 0.343 e. The predicted octanol–water partition coefficient (Wildman–Crippen LogP) is 2.83. The van der Waals surface area contributed by atoms with Crippen molar-refractivity contribution in [2.75, 3.05) is 14.2 Å². The van der Waals surface area contributed by atoms with Gasteiger partial charge in [-0.25, -0.2) is 4.79 Å². The molecule has 22 heavy (non-hydrogen) atoms. The third kappa shape index (κ3) is 3.32. The molecule has 2 aromatic rings. The van der Waals surface area contributed by atoms with Gasteiger partial charge in [0.25, 0.3) is 5.69 Å². The van der Waals surface area contributed by atoms with E-state index in [-0.39, 0.29) is 22.7 Å². The van der Waals surface area contributed by atoms with E-state index in [4.69, 9.17) is 14.2 Å². The number of non-ortho nitro benzene ring substituents is 1. The first-order chi connectivity index (χ1) is 10.5. The second kappa shape index (κ2) is 6.57. The van der Waals surface area contributed by atoms with Gasteiger partial charge in [-0.1, -0.05) is 6.07 Å². The van der Waals surface area contributed by atoms with Gasteiger partial charge in [0, 0.05) is 6.07 Å². The topological polar surface area (TPSA) is 87.9 Å². The molecule has 0 unspecified atom stereocenters. The average molecular weight is 303 g/mol. The molecule has 0 atom stereocenters. The number of nitro groups is 1. The Balaban J connectivity index is 2.30. The van der Waals surface area contributed by atoms with Crippen LogP contribution in [0.2, 0.25) is 0 Å². The fourth-order valence-corrected chi connectivity index (χ4v) is 1.77. The zero-order valence-electron chi connectivity index (χ0n) is 11.9. The Morgan fingerprint density at radius 3 is 2.45 bits per heavy atom. The molecule has 0 saturated heterocycles. The monoisotopic (exact) mass is 303 g/mol. The third-order valence-corrected chi connectivity index (χ3v) is 2.87. The molecule has 0 saturated carbocycles. The van der Waals surface area contributed by atoms with Gasteiger partial charge in [0.15, 0.2) is 11.5 Å². The second-order valence-corrected chi connectivity index (χ2v) is 4.21. The molecule has 0 spiro atoms. The lowest BCUT2D eigenvalue weighted by Crippen LogP contribution is -2.09. The standard InChI is InChI=1S/C15H13NO6/c1-20-12-5-3-4-10(8-12)15(17)22-14-9-11(16(18)19)6-7-13(14)21-2/h3-9H,1-2H3. The van der Waals surface area contributed by atoms with Gasteiger partial charge < -0.3 is 14.2 Å². The van der Waals surface area contributed by atoms with Crippen LogP contribution in [0.4, 0.5) is 5.69 Å². The Bertz CT molecular complexity index is 713. The Hall–Kier alpha value is -3.09. The molecule has 0 aliphatic carbocycles. The van der Waals surface area contributed by atoms with Crippen molar-refractivity contribution >= 4 is 11.7 Å². The van der Waals surface area contributed by atoms with E-state index in [9.17, 15) is 14.9 Å². The van der Waals surface area contributed by atoms with Crippen molar-refractivity contribution in [2.24, 2.45) is 0 Å². The number of benzene rings is 2. The van der Waals surface area contributed by atoms with Crippen LogP contribution in [0.5, 0.6) is 17.2 Å². The SMILES string of the molecule is COc1cccc(C(=O)Oc2cc([N+](=O)[O-])ccc2OC)c1. The highest BCUT2D eigenvalue weighted by atomic mass is 16.6. The van der Waals surface area contributed by atoms with Gasteiger partial charge in [-0.05, 0) is 24.3 Å². The van der Waals surface area contributed by atoms with Crippen LogP contribution < -0.4 is 14.2 Å². The first kappa shape index (κ1) is 15.3. The maximum atomic E-state index is 12.1. The fourth-order valence-electron chi connectivity index (χ4n) is 1.77. The summed E-state index contributed by atoms with van der Waals surface area (Å²) in [4.78, 5) is 22.3. The van der Waals surface area contributed by atoms with E-state index in [1.807, 2.05) is 0 Å². The molecular weight excluding hydrogens is 290 g/mol. The highest BCUT2D eigenvalue weighted by Crippen LogP contribution is 2.31. The molecule has 0 heterocycles. The summed E-state index contributed by atoms with van der Waals surface area (Å²) in [6, 6.07) is 10.1. The average Bonchev–Trinajstić information content (AvgIpc) is 2.54. The zero-order valence-corrected chi connectivity index (χ0v) is 11.9. The van der Waals surface area contributed by atoms with Crippen molar-refractivity contribution in [2.45, 2.75) is 0 Å². The van der Waals surface area contributed by atoms with Crippen molar-refractivity contribution < 1.29 is 23.9 Å². The quantitative estimate of drug-likeness (QED) is 0.365. The molecule has 0 aliphatic rings.